The molecule has 0 radical (unpaired) electrons. The van der Waals surface area contributed by atoms with Crippen molar-refractivity contribution in [3.05, 3.63) is 34.4 Å². The Morgan fingerprint density at radius 1 is 1.47 bits per heavy atom. The maximum Gasteiger partial charge on any atom is 0.307 e. The molecule has 0 aliphatic heterocycles. The molecule has 0 aliphatic rings. The first kappa shape index (κ1) is 13.4. The second-order valence-electron chi connectivity index (χ2n) is 3.32. The minimum Gasteiger partial charge on any atom is -0.481 e. The second-order valence-corrected chi connectivity index (χ2v) is 3.59. The third-order valence-corrected chi connectivity index (χ3v) is 2.50. The molecular formula is C11H8ClF2NO2. The van der Waals surface area contributed by atoms with Crippen LogP contribution in [0, 0.1) is 11.3 Å². The van der Waals surface area contributed by atoms with Crippen LogP contribution in [0.5, 0.6) is 0 Å². The summed E-state index contributed by atoms with van der Waals surface area (Å²) < 4.78 is 25.2. The van der Waals surface area contributed by atoms with E-state index < -0.39 is 18.0 Å². The number of halogens is 3. The van der Waals surface area contributed by atoms with Crippen LogP contribution in [0.1, 0.15) is 28.7 Å². The van der Waals surface area contributed by atoms with Gasteiger partial charge in [0.2, 0.25) is 0 Å². The van der Waals surface area contributed by atoms with Crippen LogP contribution in [-0.2, 0) is 17.1 Å². The van der Waals surface area contributed by atoms with E-state index in [2.05, 4.69) is 0 Å². The molecule has 0 bridgehead atoms. The number of carbonyl (C=O) groups is 1. The summed E-state index contributed by atoms with van der Waals surface area (Å²) in [7, 11) is 0. The van der Waals surface area contributed by atoms with Crippen molar-refractivity contribution in [3.8, 4) is 6.07 Å². The molecule has 17 heavy (non-hydrogen) atoms. The predicted octanol–water partition coefficient (Wildman–Crippen LogP) is 2.86. The number of hydrogen-bond donors (Lipinski definition) is 1. The first-order chi connectivity index (χ1) is 7.99. The van der Waals surface area contributed by atoms with Gasteiger partial charge in [-0.25, -0.2) is 8.78 Å². The van der Waals surface area contributed by atoms with Gasteiger partial charge in [0.05, 0.1) is 18.1 Å². The van der Waals surface area contributed by atoms with E-state index in [0.717, 1.165) is 12.1 Å². The fraction of sp³-hybridized carbons (Fsp3) is 0.273. The topological polar surface area (TPSA) is 61.1 Å². The van der Waals surface area contributed by atoms with Gasteiger partial charge >= 0.3 is 5.97 Å². The Labute approximate surface area is 101 Å². The Bertz CT molecular complexity index is 483. The molecule has 0 saturated heterocycles. The Kier molecular flexibility index (Phi) is 4.41. The summed E-state index contributed by atoms with van der Waals surface area (Å²) in [6.45, 7) is 0. The standard InChI is InChI=1S/C11H8ClF2NO2/c12-4-7-2-9(11(13)14)8(5-15)1-6(7)3-10(16)17/h1-2,11H,3-4H2,(H,16,17). The van der Waals surface area contributed by atoms with Gasteiger partial charge in [-0.15, -0.1) is 11.6 Å². The number of aliphatic carboxylic acids is 1. The van der Waals surface area contributed by atoms with E-state index in [1.807, 2.05) is 0 Å². The monoisotopic (exact) mass is 259 g/mol. The molecule has 0 saturated carbocycles. The van der Waals surface area contributed by atoms with Crippen LogP contribution in [0.15, 0.2) is 12.1 Å². The molecule has 0 atom stereocenters. The summed E-state index contributed by atoms with van der Waals surface area (Å²) >= 11 is 5.57. The van der Waals surface area contributed by atoms with Crippen molar-refractivity contribution in [1.29, 1.82) is 5.26 Å². The van der Waals surface area contributed by atoms with Crippen molar-refractivity contribution in [2.45, 2.75) is 18.7 Å². The van der Waals surface area contributed by atoms with Crippen LogP contribution in [0.2, 0.25) is 0 Å². The number of hydrogen-bond acceptors (Lipinski definition) is 2. The molecule has 0 fully saturated rings. The summed E-state index contributed by atoms with van der Waals surface area (Å²) in [5.41, 5.74) is -0.0424. The van der Waals surface area contributed by atoms with E-state index in [-0.39, 0.29) is 23.4 Å². The van der Waals surface area contributed by atoms with Crippen molar-refractivity contribution in [2.24, 2.45) is 0 Å². The maximum atomic E-state index is 12.6. The molecule has 1 aromatic carbocycles. The Morgan fingerprint density at radius 2 is 2.12 bits per heavy atom. The van der Waals surface area contributed by atoms with E-state index in [1.54, 1.807) is 6.07 Å². The molecule has 0 aliphatic carbocycles. The lowest BCUT2D eigenvalue weighted by Crippen LogP contribution is -2.05. The average molecular weight is 260 g/mol. The summed E-state index contributed by atoms with van der Waals surface area (Å²) in [5.74, 6) is -1.18. The SMILES string of the molecule is N#Cc1cc(CC(=O)O)c(CCl)cc1C(F)F. The van der Waals surface area contributed by atoms with Crippen molar-refractivity contribution in [1.82, 2.24) is 0 Å². The van der Waals surface area contributed by atoms with Crippen molar-refractivity contribution >= 4 is 17.6 Å². The second kappa shape index (κ2) is 5.60. The summed E-state index contributed by atoms with van der Waals surface area (Å²) in [4.78, 5) is 10.6. The van der Waals surface area contributed by atoms with E-state index >= 15 is 0 Å². The van der Waals surface area contributed by atoms with Crippen LogP contribution < -0.4 is 0 Å². The fourth-order valence-corrected chi connectivity index (χ4v) is 1.69. The molecule has 0 heterocycles. The van der Waals surface area contributed by atoms with Crippen LogP contribution in [0.3, 0.4) is 0 Å². The van der Waals surface area contributed by atoms with Crippen LogP contribution in [0.25, 0.3) is 0 Å². The van der Waals surface area contributed by atoms with Gasteiger partial charge in [0, 0.05) is 11.4 Å². The van der Waals surface area contributed by atoms with Gasteiger partial charge in [-0.2, -0.15) is 5.26 Å². The zero-order valence-corrected chi connectivity index (χ0v) is 9.34. The largest absolute Gasteiger partial charge is 0.481 e. The molecule has 1 N–H and O–H groups in total. The molecule has 1 aromatic rings. The van der Waals surface area contributed by atoms with E-state index in [0.29, 0.717) is 5.56 Å². The molecule has 3 nitrogen and oxygen atoms in total. The maximum absolute atomic E-state index is 12.6. The zero-order valence-electron chi connectivity index (χ0n) is 8.58. The van der Waals surface area contributed by atoms with Crippen molar-refractivity contribution < 1.29 is 18.7 Å². The molecule has 0 spiro atoms. The van der Waals surface area contributed by atoms with Gasteiger partial charge in [-0.1, -0.05) is 0 Å². The number of nitriles is 1. The van der Waals surface area contributed by atoms with E-state index in [1.165, 1.54) is 0 Å². The first-order valence-electron chi connectivity index (χ1n) is 4.61. The first-order valence-corrected chi connectivity index (χ1v) is 5.14. The number of nitrogens with zero attached hydrogens (tertiary/aromatic N) is 1. The summed E-state index contributed by atoms with van der Waals surface area (Å²) in [6.07, 6.45) is -3.13. The van der Waals surface area contributed by atoms with E-state index in [4.69, 9.17) is 22.0 Å². The molecule has 0 amide bonds. The quantitative estimate of drug-likeness (QED) is 0.846. The zero-order chi connectivity index (χ0) is 13.0. The highest BCUT2D eigenvalue weighted by Gasteiger charge is 2.17. The highest BCUT2D eigenvalue weighted by molar-refractivity contribution is 6.17. The van der Waals surface area contributed by atoms with E-state index in [9.17, 15) is 13.6 Å². The third-order valence-electron chi connectivity index (χ3n) is 2.21. The normalized spacial score (nSPS) is 10.3. The van der Waals surface area contributed by atoms with Gasteiger partial charge in [-0.3, -0.25) is 4.79 Å². The summed E-state index contributed by atoms with van der Waals surface area (Å²) in [6, 6.07) is 3.88. The van der Waals surface area contributed by atoms with Gasteiger partial charge in [0.25, 0.3) is 6.43 Å². The molecule has 90 valence electrons. The average Bonchev–Trinajstić information content (AvgIpc) is 2.27. The number of carboxylic acids is 1. The van der Waals surface area contributed by atoms with Gasteiger partial charge in [0.15, 0.2) is 0 Å². The smallest absolute Gasteiger partial charge is 0.307 e. The molecule has 0 unspecified atom stereocenters. The van der Waals surface area contributed by atoms with Crippen molar-refractivity contribution in [2.75, 3.05) is 0 Å². The predicted molar refractivity (Wildman–Crippen MR) is 57.0 cm³/mol. The minimum absolute atomic E-state index is 0.0754. The van der Waals surface area contributed by atoms with Crippen LogP contribution >= 0.6 is 11.6 Å². The number of rotatable bonds is 4. The lowest BCUT2D eigenvalue weighted by atomic mass is 9.98. The lowest BCUT2D eigenvalue weighted by Gasteiger charge is -2.10. The van der Waals surface area contributed by atoms with Crippen LogP contribution in [0.4, 0.5) is 8.78 Å². The summed E-state index contributed by atoms with van der Waals surface area (Å²) in [5, 5.41) is 17.4. The third kappa shape index (κ3) is 3.14. The highest BCUT2D eigenvalue weighted by Crippen LogP contribution is 2.27. The van der Waals surface area contributed by atoms with Gasteiger partial charge < -0.3 is 5.11 Å². The Balaban J connectivity index is 3.33. The number of carboxylic acid groups (broad SMARTS) is 1. The molecule has 0 aromatic heterocycles. The minimum atomic E-state index is -2.79. The van der Waals surface area contributed by atoms with Gasteiger partial charge in [0.1, 0.15) is 0 Å². The van der Waals surface area contributed by atoms with Gasteiger partial charge in [-0.05, 0) is 23.3 Å². The molecule has 6 heteroatoms. The fourth-order valence-electron chi connectivity index (χ4n) is 1.44. The highest BCUT2D eigenvalue weighted by atomic mass is 35.5. The lowest BCUT2D eigenvalue weighted by molar-refractivity contribution is -0.136. The van der Waals surface area contributed by atoms with Crippen LogP contribution in [-0.4, -0.2) is 11.1 Å². The number of alkyl halides is 3. The molecular weight excluding hydrogens is 252 g/mol. The Morgan fingerprint density at radius 3 is 2.53 bits per heavy atom. The molecule has 1 rings (SSSR count). The Hall–Kier alpha value is -1.67. The number of benzene rings is 1. The van der Waals surface area contributed by atoms with Crippen molar-refractivity contribution in [3.63, 3.8) is 0 Å².